The van der Waals surface area contributed by atoms with Crippen LogP contribution in [-0.4, -0.2) is 17.4 Å². The van der Waals surface area contributed by atoms with Crippen molar-refractivity contribution < 1.29 is 31.5 Å². The van der Waals surface area contributed by atoms with Crippen molar-refractivity contribution in [3.63, 3.8) is 0 Å². The van der Waals surface area contributed by atoms with Gasteiger partial charge in [-0.1, -0.05) is 24.3 Å². The second-order valence-electron chi connectivity index (χ2n) is 8.10. The van der Waals surface area contributed by atoms with E-state index in [4.69, 9.17) is 0 Å². The van der Waals surface area contributed by atoms with Gasteiger partial charge in [0, 0.05) is 5.69 Å². The number of rotatable bonds is 4. The number of hydrogen-bond acceptors (Lipinski definition) is 3. The molecule has 184 valence electrons. The van der Waals surface area contributed by atoms with Crippen LogP contribution in [0.15, 0.2) is 72.8 Å². The molecule has 0 saturated carbocycles. The van der Waals surface area contributed by atoms with Crippen LogP contribution < -0.4 is 15.5 Å². The zero-order valence-corrected chi connectivity index (χ0v) is 18.4. The highest BCUT2D eigenvalue weighted by atomic mass is 19.4. The predicted octanol–water partition coefficient (Wildman–Crippen LogP) is 6.87. The van der Waals surface area contributed by atoms with E-state index in [2.05, 4.69) is 15.5 Å². The fourth-order valence-corrected chi connectivity index (χ4v) is 4.03. The van der Waals surface area contributed by atoms with Gasteiger partial charge in [-0.2, -0.15) is 0 Å². The third-order valence-electron chi connectivity index (χ3n) is 5.66. The summed E-state index contributed by atoms with van der Waals surface area (Å²) in [6, 6.07) is 15.3. The molecule has 1 fully saturated rings. The van der Waals surface area contributed by atoms with Gasteiger partial charge in [-0.15, -0.1) is 13.2 Å². The van der Waals surface area contributed by atoms with Crippen LogP contribution in [0.1, 0.15) is 42.5 Å². The first-order valence-corrected chi connectivity index (χ1v) is 10.9. The van der Waals surface area contributed by atoms with E-state index in [0.717, 1.165) is 24.1 Å². The van der Waals surface area contributed by atoms with Crippen molar-refractivity contribution >= 4 is 11.7 Å². The Bertz CT molecular complexity index is 1140. The first-order chi connectivity index (χ1) is 16.7. The Morgan fingerprint density at radius 1 is 0.857 bits per heavy atom. The number of halogens is 5. The highest BCUT2D eigenvalue weighted by Crippen LogP contribution is 2.34. The van der Waals surface area contributed by atoms with Gasteiger partial charge in [0.05, 0.1) is 12.1 Å². The van der Waals surface area contributed by atoms with E-state index in [1.165, 1.54) is 41.4 Å². The van der Waals surface area contributed by atoms with Crippen LogP contribution in [0.2, 0.25) is 0 Å². The van der Waals surface area contributed by atoms with Crippen LogP contribution in [-0.2, 0) is 0 Å². The minimum atomic E-state index is -4.82. The highest BCUT2D eigenvalue weighted by Gasteiger charge is 2.32. The summed E-state index contributed by atoms with van der Waals surface area (Å²) in [6.45, 7) is 0. The summed E-state index contributed by atoms with van der Waals surface area (Å²) in [5.41, 5.74) is 4.97. The van der Waals surface area contributed by atoms with Crippen molar-refractivity contribution in [3.05, 3.63) is 95.6 Å². The number of carbonyl (C=O) groups is 1. The lowest BCUT2D eigenvalue weighted by molar-refractivity contribution is -0.274. The molecule has 1 aliphatic rings. The molecule has 4 rings (SSSR count). The lowest BCUT2D eigenvalue weighted by Crippen LogP contribution is -2.47. The molecular weight excluding hydrogens is 469 g/mol. The topological polar surface area (TPSA) is 53.6 Å². The zero-order valence-electron chi connectivity index (χ0n) is 18.4. The average Bonchev–Trinajstić information content (AvgIpc) is 3.04. The molecule has 3 aromatic rings. The molecule has 1 heterocycles. The fraction of sp³-hybridized carbons (Fsp3) is 0.240. The number of carbonyl (C=O) groups excluding carboxylic acids is 1. The minimum absolute atomic E-state index is 0.256. The van der Waals surface area contributed by atoms with Crippen LogP contribution in [0, 0.1) is 11.6 Å². The maximum atomic E-state index is 13.5. The van der Waals surface area contributed by atoms with Crippen molar-refractivity contribution in [3.8, 4) is 5.75 Å². The summed E-state index contributed by atoms with van der Waals surface area (Å²) >= 11 is 0. The predicted molar refractivity (Wildman–Crippen MR) is 119 cm³/mol. The van der Waals surface area contributed by atoms with E-state index in [9.17, 15) is 26.7 Å². The number of nitrogens with zero attached hydrogens (tertiary/aromatic N) is 1. The normalized spacial score (nSPS) is 18.6. The van der Waals surface area contributed by atoms with Gasteiger partial charge in [0.25, 0.3) is 0 Å². The van der Waals surface area contributed by atoms with Gasteiger partial charge < -0.3 is 10.1 Å². The number of anilines is 1. The molecule has 5 nitrogen and oxygen atoms in total. The van der Waals surface area contributed by atoms with Crippen molar-refractivity contribution in [1.82, 2.24) is 10.4 Å². The number of nitrogens with one attached hydrogen (secondary N) is 2. The lowest BCUT2D eigenvalue weighted by atomic mass is 9.98. The Morgan fingerprint density at radius 2 is 1.43 bits per heavy atom. The fourth-order valence-electron chi connectivity index (χ4n) is 4.03. The molecule has 2 N–H and O–H groups in total. The van der Waals surface area contributed by atoms with Crippen LogP contribution in [0.25, 0.3) is 0 Å². The summed E-state index contributed by atoms with van der Waals surface area (Å²) in [5.74, 6) is -1.19. The monoisotopic (exact) mass is 491 g/mol. The number of hydrazine groups is 1. The van der Waals surface area contributed by atoms with E-state index < -0.39 is 30.0 Å². The van der Waals surface area contributed by atoms with Gasteiger partial charge in [0.1, 0.15) is 17.4 Å². The van der Waals surface area contributed by atoms with E-state index in [0.29, 0.717) is 18.4 Å². The third kappa shape index (κ3) is 6.48. The number of ether oxygens (including phenoxy) is 1. The number of amides is 2. The standard InChI is InChI=1S/C25H22F5N3O2/c26-18-8-4-16(5-9-18)22-2-1-3-23(17-6-10-19(27)11-7-17)33(32-22)24(34)31-20-12-14-21(15-13-20)35-25(28,29)30/h4-15,22-23,32H,1-3H2,(H,31,34). The Labute approximate surface area is 198 Å². The molecule has 0 bridgehead atoms. The Balaban J connectivity index is 1.58. The van der Waals surface area contributed by atoms with Gasteiger partial charge in [-0.25, -0.2) is 19.0 Å². The Kier molecular flexibility index (Phi) is 7.20. The molecule has 0 aromatic heterocycles. The van der Waals surface area contributed by atoms with E-state index >= 15 is 0 Å². The van der Waals surface area contributed by atoms with Crippen molar-refractivity contribution in [2.45, 2.75) is 37.7 Å². The molecular formula is C25H22F5N3O2. The van der Waals surface area contributed by atoms with Gasteiger partial charge in [-0.3, -0.25) is 5.01 Å². The second kappa shape index (κ2) is 10.3. The first-order valence-electron chi connectivity index (χ1n) is 10.9. The lowest BCUT2D eigenvalue weighted by Gasteiger charge is -2.33. The van der Waals surface area contributed by atoms with E-state index in [-0.39, 0.29) is 17.5 Å². The van der Waals surface area contributed by atoms with Crippen LogP contribution in [0.4, 0.5) is 32.4 Å². The average molecular weight is 491 g/mol. The van der Waals surface area contributed by atoms with Gasteiger partial charge in [0.2, 0.25) is 0 Å². The molecule has 0 spiro atoms. The molecule has 10 heteroatoms. The SMILES string of the molecule is O=C(Nc1ccc(OC(F)(F)F)cc1)N1NC(c2ccc(F)cc2)CCCC1c1ccc(F)cc1. The van der Waals surface area contributed by atoms with Gasteiger partial charge in [-0.05, 0) is 78.9 Å². The first kappa shape index (κ1) is 24.5. The van der Waals surface area contributed by atoms with E-state index in [1.807, 2.05) is 0 Å². The third-order valence-corrected chi connectivity index (χ3v) is 5.66. The number of alkyl halides is 3. The van der Waals surface area contributed by atoms with Crippen molar-refractivity contribution in [2.24, 2.45) is 0 Å². The molecule has 0 radical (unpaired) electrons. The van der Waals surface area contributed by atoms with Crippen molar-refractivity contribution in [1.29, 1.82) is 0 Å². The second-order valence-corrected chi connectivity index (χ2v) is 8.10. The summed E-state index contributed by atoms with van der Waals surface area (Å²) in [5, 5.41) is 4.07. The molecule has 3 aromatic carbocycles. The summed E-state index contributed by atoms with van der Waals surface area (Å²) in [7, 11) is 0. The summed E-state index contributed by atoms with van der Waals surface area (Å²) < 4.78 is 68.0. The van der Waals surface area contributed by atoms with E-state index in [1.54, 1.807) is 24.3 Å². The molecule has 1 saturated heterocycles. The molecule has 2 atom stereocenters. The molecule has 2 amide bonds. The van der Waals surface area contributed by atoms with Crippen molar-refractivity contribution in [2.75, 3.05) is 5.32 Å². The highest BCUT2D eigenvalue weighted by molar-refractivity contribution is 5.89. The van der Waals surface area contributed by atoms with Gasteiger partial charge >= 0.3 is 12.4 Å². The largest absolute Gasteiger partial charge is 0.573 e. The maximum Gasteiger partial charge on any atom is 0.573 e. The Hall–Kier alpha value is -3.66. The van der Waals surface area contributed by atoms with Gasteiger partial charge in [0.15, 0.2) is 0 Å². The number of benzene rings is 3. The quantitative estimate of drug-likeness (QED) is 0.392. The summed E-state index contributed by atoms with van der Waals surface area (Å²) in [4.78, 5) is 13.3. The molecule has 0 aliphatic carbocycles. The minimum Gasteiger partial charge on any atom is -0.406 e. The smallest absolute Gasteiger partial charge is 0.406 e. The maximum absolute atomic E-state index is 13.5. The number of urea groups is 1. The summed E-state index contributed by atoms with van der Waals surface area (Å²) in [6.07, 6.45) is -2.86. The molecule has 2 unspecified atom stereocenters. The van der Waals surface area contributed by atoms with Crippen LogP contribution in [0.3, 0.4) is 0 Å². The number of hydrogen-bond donors (Lipinski definition) is 2. The van der Waals surface area contributed by atoms with Crippen LogP contribution >= 0.6 is 0 Å². The Morgan fingerprint density at radius 3 is 2.00 bits per heavy atom. The zero-order chi connectivity index (χ0) is 25.0. The molecule has 35 heavy (non-hydrogen) atoms. The molecule has 1 aliphatic heterocycles. The van der Waals surface area contributed by atoms with Crippen LogP contribution in [0.5, 0.6) is 5.75 Å².